The first-order chi connectivity index (χ1) is 14.3. The van der Waals surface area contributed by atoms with E-state index in [0.717, 1.165) is 22.6 Å². The van der Waals surface area contributed by atoms with Crippen molar-refractivity contribution >= 4 is 0 Å². The van der Waals surface area contributed by atoms with E-state index in [-0.39, 0.29) is 0 Å². The Kier molecular flexibility index (Phi) is 6.00. The molecule has 1 aromatic heterocycles. The van der Waals surface area contributed by atoms with Crippen LogP contribution < -0.4 is 0 Å². The molecule has 146 valence electrons. The maximum atomic E-state index is 8.92. The summed E-state index contributed by atoms with van der Waals surface area (Å²) in [6.07, 6.45) is 11.9. The monoisotopic (exact) mass is 381 g/mol. The van der Waals surface area contributed by atoms with Gasteiger partial charge in [-0.05, 0) is 72.9 Å². The number of rotatable bonds is 5. The summed E-state index contributed by atoms with van der Waals surface area (Å²) < 4.78 is 0. The molecule has 0 unspecified atom stereocenters. The molecule has 29 heavy (non-hydrogen) atoms. The van der Waals surface area contributed by atoms with Crippen molar-refractivity contribution in [3.8, 4) is 28.6 Å². The van der Waals surface area contributed by atoms with Gasteiger partial charge in [-0.25, -0.2) is 9.97 Å². The summed E-state index contributed by atoms with van der Waals surface area (Å²) in [6, 6.07) is 18.5. The van der Waals surface area contributed by atoms with E-state index in [1.54, 1.807) is 12.1 Å². The van der Waals surface area contributed by atoms with Gasteiger partial charge >= 0.3 is 0 Å². The first-order valence-corrected chi connectivity index (χ1v) is 10.7. The minimum absolute atomic E-state index is 0.643. The molecular formula is C26H27N3. The van der Waals surface area contributed by atoms with Crippen molar-refractivity contribution < 1.29 is 0 Å². The number of hydrogen-bond acceptors (Lipinski definition) is 3. The van der Waals surface area contributed by atoms with Crippen molar-refractivity contribution in [3.63, 3.8) is 0 Å². The molecule has 1 aliphatic carbocycles. The van der Waals surface area contributed by atoms with Crippen molar-refractivity contribution in [1.29, 1.82) is 5.26 Å². The molecule has 0 bridgehead atoms. The van der Waals surface area contributed by atoms with E-state index in [1.165, 1.54) is 44.1 Å². The third-order valence-corrected chi connectivity index (χ3v) is 6.18. The first-order valence-electron chi connectivity index (χ1n) is 10.7. The van der Waals surface area contributed by atoms with Crippen LogP contribution in [-0.4, -0.2) is 9.97 Å². The van der Waals surface area contributed by atoms with Gasteiger partial charge in [0.2, 0.25) is 0 Å². The lowest BCUT2D eigenvalue weighted by atomic mass is 9.77. The highest BCUT2D eigenvalue weighted by molar-refractivity contribution is 5.64. The number of nitrogens with zero attached hydrogens (tertiary/aromatic N) is 3. The molecule has 0 saturated heterocycles. The Balaban J connectivity index is 1.43. The molecule has 3 heteroatoms. The molecule has 0 amide bonds. The molecule has 3 nitrogen and oxygen atoms in total. The molecular weight excluding hydrogens is 354 g/mol. The zero-order valence-corrected chi connectivity index (χ0v) is 17.0. The summed E-state index contributed by atoms with van der Waals surface area (Å²) in [5.41, 5.74) is 5.22. The third kappa shape index (κ3) is 4.54. The molecule has 0 spiro atoms. The largest absolute Gasteiger partial charge is 0.236 e. The van der Waals surface area contributed by atoms with Gasteiger partial charge in [-0.15, -0.1) is 0 Å². The summed E-state index contributed by atoms with van der Waals surface area (Å²) in [5.74, 6) is 2.34. The Labute approximate surface area is 173 Å². The summed E-state index contributed by atoms with van der Waals surface area (Å²) in [5, 5.41) is 8.92. The Morgan fingerprint density at radius 2 is 1.45 bits per heavy atom. The Hall–Kier alpha value is -2.99. The van der Waals surface area contributed by atoms with E-state index < -0.39 is 0 Å². The zero-order valence-electron chi connectivity index (χ0n) is 17.0. The SMILES string of the molecule is CCCC1CCC(c2ccc(-c3cnc(-c4ccc(C#N)cc4)nc3)cc2)CC1. The van der Waals surface area contributed by atoms with Crippen molar-refractivity contribution in [1.82, 2.24) is 9.97 Å². The molecule has 0 N–H and O–H groups in total. The standard InChI is InChI=1S/C26H27N3/c1-2-3-19-4-8-21(9-5-19)22-12-14-23(15-13-22)25-17-28-26(29-18-25)24-10-6-20(16-27)7-11-24/h6-7,10-15,17-19,21H,2-5,8-9H2,1H3. The van der Waals surface area contributed by atoms with Crippen LogP contribution in [-0.2, 0) is 0 Å². The van der Waals surface area contributed by atoms with E-state index in [4.69, 9.17) is 5.26 Å². The van der Waals surface area contributed by atoms with Gasteiger partial charge in [-0.2, -0.15) is 5.26 Å². The molecule has 1 saturated carbocycles. The lowest BCUT2D eigenvalue weighted by Gasteiger charge is -2.28. The van der Waals surface area contributed by atoms with Crippen LogP contribution in [0.5, 0.6) is 0 Å². The summed E-state index contributed by atoms with van der Waals surface area (Å²) in [4.78, 5) is 9.05. The normalized spacial score (nSPS) is 18.9. The van der Waals surface area contributed by atoms with Crippen LogP contribution in [0.3, 0.4) is 0 Å². The number of nitriles is 1. The smallest absolute Gasteiger partial charge is 0.159 e. The van der Waals surface area contributed by atoms with Crippen LogP contribution >= 0.6 is 0 Å². The van der Waals surface area contributed by atoms with E-state index in [2.05, 4.69) is 47.2 Å². The summed E-state index contributed by atoms with van der Waals surface area (Å²) in [7, 11) is 0. The topological polar surface area (TPSA) is 49.6 Å². The van der Waals surface area contributed by atoms with E-state index in [1.807, 2.05) is 24.5 Å². The molecule has 3 aromatic rings. The van der Waals surface area contributed by atoms with Crippen LogP contribution in [0, 0.1) is 17.2 Å². The highest BCUT2D eigenvalue weighted by Gasteiger charge is 2.21. The van der Waals surface area contributed by atoms with Crippen LogP contribution in [0.15, 0.2) is 60.9 Å². The van der Waals surface area contributed by atoms with Gasteiger partial charge in [0, 0.05) is 23.5 Å². The van der Waals surface area contributed by atoms with Gasteiger partial charge in [0.25, 0.3) is 0 Å². The van der Waals surface area contributed by atoms with Gasteiger partial charge in [-0.3, -0.25) is 0 Å². The fourth-order valence-corrected chi connectivity index (χ4v) is 4.46. The van der Waals surface area contributed by atoms with Crippen molar-refractivity contribution in [2.24, 2.45) is 5.92 Å². The van der Waals surface area contributed by atoms with Gasteiger partial charge in [0.05, 0.1) is 11.6 Å². The zero-order chi connectivity index (χ0) is 20.1. The molecule has 0 radical (unpaired) electrons. The van der Waals surface area contributed by atoms with E-state index in [9.17, 15) is 0 Å². The molecule has 1 fully saturated rings. The van der Waals surface area contributed by atoms with Crippen LogP contribution in [0.1, 0.15) is 62.5 Å². The molecule has 0 atom stereocenters. The fraction of sp³-hybridized carbons (Fsp3) is 0.346. The lowest BCUT2D eigenvalue weighted by Crippen LogP contribution is -2.13. The number of hydrogen-bond donors (Lipinski definition) is 0. The van der Waals surface area contributed by atoms with Gasteiger partial charge < -0.3 is 0 Å². The lowest BCUT2D eigenvalue weighted by molar-refractivity contribution is 0.308. The summed E-state index contributed by atoms with van der Waals surface area (Å²) >= 11 is 0. The van der Waals surface area contributed by atoms with Crippen molar-refractivity contribution in [2.45, 2.75) is 51.4 Å². The van der Waals surface area contributed by atoms with Gasteiger partial charge in [-0.1, -0.05) is 44.0 Å². The van der Waals surface area contributed by atoms with Gasteiger partial charge in [0.1, 0.15) is 0 Å². The predicted molar refractivity (Wildman–Crippen MR) is 117 cm³/mol. The van der Waals surface area contributed by atoms with Crippen LogP contribution in [0.2, 0.25) is 0 Å². The minimum Gasteiger partial charge on any atom is -0.236 e. The molecule has 4 rings (SSSR count). The van der Waals surface area contributed by atoms with Crippen LogP contribution in [0.25, 0.3) is 22.5 Å². The van der Waals surface area contributed by atoms with E-state index >= 15 is 0 Å². The molecule has 2 aromatic carbocycles. The Morgan fingerprint density at radius 3 is 2.03 bits per heavy atom. The first kappa shape index (κ1) is 19.3. The quantitative estimate of drug-likeness (QED) is 0.491. The van der Waals surface area contributed by atoms with Crippen molar-refractivity contribution in [3.05, 3.63) is 72.1 Å². The van der Waals surface area contributed by atoms with Crippen LogP contribution in [0.4, 0.5) is 0 Å². The maximum Gasteiger partial charge on any atom is 0.159 e. The third-order valence-electron chi connectivity index (χ3n) is 6.18. The second-order valence-corrected chi connectivity index (χ2v) is 8.11. The predicted octanol–water partition coefficient (Wildman–Crippen LogP) is 6.76. The number of aromatic nitrogens is 2. The number of benzene rings is 2. The second-order valence-electron chi connectivity index (χ2n) is 8.11. The molecule has 1 aliphatic rings. The maximum absolute atomic E-state index is 8.92. The van der Waals surface area contributed by atoms with E-state index in [0.29, 0.717) is 17.3 Å². The minimum atomic E-state index is 0.643. The molecule has 0 aliphatic heterocycles. The summed E-state index contributed by atoms with van der Waals surface area (Å²) in [6.45, 7) is 2.30. The molecule has 1 heterocycles. The Bertz CT molecular complexity index is 958. The highest BCUT2D eigenvalue weighted by Crippen LogP contribution is 2.38. The highest BCUT2D eigenvalue weighted by atomic mass is 14.9. The van der Waals surface area contributed by atoms with Crippen molar-refractivity contribution in [2.75, 3.05) is 0 Å². The average Bonchev–Trinajstić information content (AvgIpc) is 2.80. The second kappa shape index (κ2) is 9.01. The fourth-order valence-electron chi connectivity index (χ4n) is 4.46. The van der Waals surface area contributed by atoms with Gasteiger partial charge in [0.15, 0.2) is 5.82 Å². The Morgan fingerprint density at radius 1 is 0.828 bits per heavy atom. The average molecular weight is 382 g/mol.